The molecule has 1 aliphatic carbocycles. The van der Waals surface area contributed by atoms with Crippen LogP contribution in [-0.4, -0.2) is 33.3 Å². The van der Waals surface area contributed by atoms with Gasteiger partial charge in [0, 0.05) is 37.3 Å². The molecule has 1 amide bonds. The van der Waals surface area contributed by atoms with Crippen LogP contribution in [0.15, 0.2) is 18.3 Å². The predicted octanol–water partition coefficient (Wildman–Crippen LogP) is 3.40. The molecule has 2 heterocycles. The summed E-state index contributed by atoms with van der Waals surface area (Å²) in [5, 5.41) is 0. The van der Waals surface area contributed by atoms with E-state index in [-0.39, 0.29) is 5.92 Å². The van der Waals surface area contributed by atoms with Crippen molar-refractivity contribution < 1.29 is 4.79 Å². The number of hydrogen-bond donors (Lipinski definition) is 0. The average Bonchev–Trinajstić information content (AvgIpc) is 2.91. The van der Waals surface area contributed by atoms with Crippen molar-refractivity contribution in [1.29, 1.82) is 0 Å². The molecule has 1 aliphatic rings. The number of fused-ring (bicyclic) bond motifs is 3. The second kappa shape index (κ2) is 6.73. The molecule has 0 saturated carbocycles. The SMILES string of the molecule is CCCN(CCC)C(=O)C1CCc2nc3ccc(C)cn3c2C1. The fraction of sp³-hybridized carbons (Fsp3) is 0.579. The summed E-state index contributed by atoms with van der Waals surface area (Å²) in [4.78, 5) is 19.7. The first-order chi connectivity index (χ1) is 11.1. The second-order valence-corrected chi connectivity index (χ2v) is 6.70. The number of carbonyl (C=O) groups excluding carboxylic acids is 1. The molecule has 2 aromatic rings. The molecule has 0 aromatic carbocycles. The highest BCUT2D eigenvalue weighted by Gasteiger charge is 2.30. The predicted molar refractivity (Wildman–Crippen MR) is 92.6 cm³/mol. The third kappa shape index (κ3) is 3.12. The van der Waals surface area contributed by atoms with Crippen molar-refractivity contribution in [1.82, 2.24) is 14.3 Å². The van der Waals surface area contributed by atoms with Crippen LogP contribution in [0.1, 0.15) is 50.1 Å². The van der Waals surface area contributed by atoms with Crippen molar-refractivity contribution in [3.8, 4) is 0 Å². The lowest BCUT2D eigenvalue weighted by Crippen LogP contribution is -2.39. The summed E-state index contributed by atoms with van der Waals surface area (Å²) in [6.07, 6.45) is 6.86. The number of rotatable bonds is 5. The van der Waals surface area contributed by atoms with Crippen molar-refractivity contribution in [3.05, 3.63) is 35.3 Å². The normalized spacial score (nSPS) is 17.3. The molecule has 4 heteroatoms. The van der Waals surface area contributed by atoms with Crippen LogP contribution in [0.4, 0.5) is 0 Å². The van der Waals surface area contributed by atoms with Crippen LogP contribution in [0.2, 0.25) is 0 Å². The van der Waals surface area contributed by atoms with E-state index in [4.69, 9.17) is 4.98 Å². The van der Waals surface area contributed by atoms with Gasteiger partial charge in [-0.15, -0.1) is 0 Å². The Hall–Kier alpha value is -1.84. The van der Waals surface area contributed by atoms with E-state index >= 15 is 0 Å². The summed E-state index contributed by atoms with van der Waals surface area (Å²) in [7, 11) is 0. The van der Waals surface area contributed by atoms with Gasteiger partial charge in [-0.2, -0.15) is 0 Å². The van der Waals surface area contributed by atoms with Gasteiger partial charge in [0.2, 0.25) is 5.91 Å². The van der Waals surface area contributed by atoms with E-state index in [0.29, 0.717) is 5.91 Å². The Labute approximate surface area is 138 Å². The zero-order valence-electron chi connectivity index (χ0n) is 14.5. The zero-order chi connectivity index (χ0) is 16.4. The van der Waals surface area contributed by atoms with E-state index in [1.807, 2.05) is 0 Å². The molecular weight excluding hydrogens is 286 g/mol. The van der Waals surface area contributed by atoms with E-state index in [1.54, 1.807) is 0 Å². The molecule has 0 radical (unpaired) electrons. The van der Waals surface area contributed by atoms with Crippen molar-refractivity contribution in [2.24, 2.45) is 5.92 Å². The average molecular weight is 313 g/mol. The van der Waals surface area contributed by atoms with Crippen LogP contribution in [-0.2, 0) is 17.6 Å². The Morgan fingerprint density at radius 3 is 2.74 bits per heavy atom. The lowest BCUT2D eigenvalue weighted by atomic mass is 9.88. The number of aryl methyl sites for hydroxylation is 2. The molecule has 0 N–H and O–H groups in total. The molecule has 124 valence electrons. The first kappa shape index (κ1) is 16.0. The third-order valence-electron chi connectivity index (χ3n) is 4.77. The Bertz CT molecular complexity index is 698. The van der Waals surface area contributed by atoms with E-state index in [9.17, 15) is 4.79 Å². The summed E-state index contributed by atoms with van der Waals surface area (Å²) in [5.41, 5.74) is 4.65. The minimum absolute atomic E-state index is 0.112. The highest BCUT2D eigenvalue weighted by Crippen LogP contribution is 2.28. The minimum atomic E-state index is 0.112. The molecule has 0 saturated heterocycles. The van der Waals surface area contributed by atoms with Gasteiger partial charge in [-0.3, -0.25) is 4.79 Å². The number of amides is 1. The van der Waals surface area contributed by atoms with Crippen molar-refractivity contribution >= 4 is 11.6 Å². The molecule has 0 aliphatic heterocycles. The maximum Gasteiger partial charge on any atom is 0.226 e. The summed E-state index contributed by atoms with van der Waals surface area (Å²) >= 11 is 0. The molecule has 4 nitrogen and oxygen atoms in total. The van der Waals surface area contributed by atoms with Crippen LogP contribution in [0, 0.1) is 12.8 Å². The molecule has 0 fully saturated rings. The Kier molecular flexibility index (Phi) is 4.69. The maximum absolute atomic E-state index is 12.9. The third-order valence-corrected chi connectivity index (χ3v) is 4.77. The van der Waals surface area contributed by atoms with E-state index in [1.165, 1.54) is 17.0 Å². The number of aromatic nitrogens is 2. The molecule has 0 bridgehead atoms. The lowest BCUT2D eigenvalue weighted by Gasteiger charge is -2.29. The standard InChI is InChI=1S/C19H27N3O/c1-4-10-21(11-5-2)19(23)15-7-8-16-17(12-15)22-13-14(3)6-9-18(22)20-16/h6,9,13,15H,4-5,7-8,10-12H2,1-3H3. The van der Waals surface area contributed by atoms with Gasteiger partial charge in [-0.1, -0.05) is 19.9 Å². The number of hydrogen-bond acceptors (Lipinski definition) is 2. The summed E-state index contributed by atoms with van der Waals surface area (Å²) in [6.45, 7) is 8.14. The van der Waals surface area contributed by atoms with Gasteiger partial charge in [0.1, 0.15) is 5.65 Å². The van der Waals surface area contributed by atoms with Crippen LogP contribution >= 0.6 is 0 Å². The van der Waals surface area contributed by atoms with E-state index in [2.05, 4.69) is 48.4 Å². The molecule has 1 unspecified atom stereocenters. The summed E-state index contributed by atoms with van der Waals surface area (Å²) in [6, 6.07) is 4.17. The smallest absolute Gasteiger partial charge is 0.226 e. The first-order valence-electron chi connectivity index (χ1n) is 8.89. The molecule has 0 spiro atoms. The zero-order valence-corrected chi connectivity index (χ0v) is 14.5. The lowest BCUT2D eigenvalue weighted by molar-refractivity contribution is -0.136. The quantitative estimate of drug-likeness (QED) is 0.848. The number of imidazole rings is 1. The Morgan fingerprint density at radius 1 is 1.30 bits per heavy atom. The number of pyridine rings is 1. The fourth-order valence-corrected chi connectivity index (χ4v) is 3.65. The molecule has 2 aromatic heterocycles. The van der Waals surface area contributed by atoms with Crippen molar-refractivity contribution in [2.45, 2.75) is 52.9 Å². The van der Waals surface area contributed by atoms with Crippen LogP contribution in [0.25, 0.3) is 5.65 Å². The van der Waals surface area contributed by atoms with Gasteiger partial charge >= 0.3 is 0 Å². The van der Waals surface area contributed by atoms with Crippen LogP contribution < -0.4 is 0 Å². The molecular formula is C19H27N3O. The molecule has 3 rings (SSSR count). The molecule has 23 heavy (non-hydrogen) atoms. The first-order valence-corrected chi connectivity index (χ1v) is 8.89. The fourth-order valence-electron chi connectivity index (χ4n) is 3.65. The van der Waals surface area contributed by atoms with Crippen molar-refractivity contribution in [2.75, 3.05) is 13.1 Å². The van der Waals surface area contributed by atoms with E-state index < -0.39 is 0 Å². The second-order valence-electron chi connectivity index (χ2n) is 6.70. The van der Waals surface area contributed by atoms with Gasteiger partial charge in [0.15, 0.2) is 0 Å². The summed E-state index contributed by atoms with van der Waals surface area (Å²) < 4.78 is 2.19. The van der Waals surface area contributed by atoms with Crippen molar-refractivity contribution in [3.63, 3.8) is 0 Å². The topological polar surface area (TPSA) is 37.6 Å². The van der Waals surface area contributed by atoms with Crippen LogP contribution in [0.3, 0.4) is 0 Å². The van der Waals surface area contributed by atoms with Crippen LogP contribution in [0.5, 0.6) is 0 Å². The van der Waals surface area contributed by atoms with Gasteiger partial charge in [-0.25, -0.2) is 4.98 Å². The highest BCUT2D eigenvalue weighted by atomic mass is 16.2. The maximum atomic E-state index is 12.9. The van der Waals surface area contributed by atoms with Gasteiger partial charge in [-0.05, 0) is 44.2 Å². The monoisotopic (exact) mass is 313 g/mol. The number of carbonyl (C=O) groups is 1. The summed E-state index contributed by atoms with van der Waals surface area (Å²) in [5.74, 6) is 0.447. The highest BCUT2D eigenvalue weighted by molar-refractivity contribution is 5.79. The minimum Gasteiger partial charge on any atom is -0.342 e. The van der Waals surface area contributed by atoms with Gasteiger partial charge in [0.05, 0.1) is 5.69 Å². The van der Waals surface area contributed by atoms with Gasteiger partial charge < -0.3 is 9.30 Å². The largest absolute Gasteiger partial charge is 0.342 e. The van der Waals surface area contributed by atoms with E-state index in [0.717, 1.165) is 50.8 Å². The number of nitrogens with zero attached hydrogens (tertiary/aromatic N) is 3. The van der Waals surface area contributed by atoms with Gasteiger partial charge in [0.25, 0.3) is 0 Å². The Balaban J connectivity index is 1.85. The molecule has 1 atom stereocenters. The Morgan fingerprint density at radius 2 is 2.04 bits per heavy atom.